The number of amides is 1. The molecule has 1 aromatic rings. The monoisotopic (exact) mass is 316 g/mol. The number of hydrogen-bond acceptors (Lipinski definition) is 5. The largest absolute Gasteiger partial charge is 0.465 e. The maximum atomic E-state index is 11.8. The molecule has 0 spiro atoms. The Hall–Kier alpha value is -2.55. The highest BCUT2D eigenvalue weighted by Gasteiger charge is 2.20. The van der Waals surface area contributed by atoms with E-state index in [0.717, 1.165) is 25.7 Å². The van der Waals surface area contributed by atoms with Gasteiger partial charge in [0, 0.05) is 12.1 Å². The molecular weight excluding hydrogens is 296 g/mol. The summed E-state index contributed by atoms with van der Waals surface area (Å²) in [6.45, 7) is 1.82. The summed E-state index contributed by atoms with van der Waals surface area (Å²) in [6, 6.07) is 5.15. The van der Waals surface area contributed by atoms with Crippen molar-refractivity contribution in [3.05, 3.63) is 29.7 Å². The lowest BCUT2D eigenvalue weighted by atomic mass is 9.87. The van der Waals surface area contributed by atoms with Gasteiger partial charge < -0.3 is 14.5 Å². The predicted octanol–water partition coefficient (Wildman–Crippen LogP) is 2.42. The normalized spacial score (nSPS) is 21.3. The van der Waals surface area contributed by atoms with Crippen molar-refractivity contribution in [2.24, 2.45) is 5.92 Å². The Labute approximate surface area is 135 Å². The van der Waals surface area contributed by atoms with Crippen molar-refractivity contribution >= 4 is 18.0 Å². The van der Waals surface area contributed by atoms with Crippen molar-refractivity contribution in [3.8, 4) is 6.07 Å². The maximum Gasteiger partial charge on any atom is 0.349 e. The molecule has 1 saturated carbocycles. The van der Waals surface area contributed by atoms with Crippen LogP contribution in [0.5, 0.6) is 0 Å². The van der Waals surface area contributed by atoms with Crippen LogP contribution >= 0.6 is 0 Å². The van der Waals surface area contributed by atoms with Gasteiger partial charge in [0.1, 0.15) is 17.4 Å². The van der Waals surface area contributed by atoms with Gasteiger partial charge in [0.2, 0.25) is 0 Å². The van der Waals surface area contributed by atoms with Crippen LogP contribution in [0.1, 0.15) is 38.4 Å². The van der Waals surface area contributed by atoms with Crippen molar-refractivity contribution in [1.29, 1.82) is 5.26 Å². The van der Waals surface area contributed by atoms with Crippen LogP contribution < -0.4 is 5.32 Å². The molecule has 6 heteroatoms. The van der Waals surface area contributed by atoms with Crippen LogP contribution in [0.15, 0.2) is 28.4 Å². The lowest BCUT2D eigenvalue weighted by Gasteiger charge is -2.26. The molecule has 0 aliphatic heterocycles. The molecular formula is C17H20N2O4. The average molecular weight is 316 g/mol. The molecule has 0 radical (unpaired) electrons. The number of furan rings is 1. The molecule has 6 nitrogen and oxygen atoms in total. The fourth-order valence-corrected chi connectivity index (χ4v) is 2.54. The van der Waals surface area contributed by atoms with Gasteiger partial charge in [-0.3, -0.25) is 4.79 Å². The van der Waals surface area contributed by atoms with Gasteiger partial charge in [-0.25, -0.2) is 4.79 Å². The van der Waals surface area contributed by atoms with Crippen LogP contribution in [-0.2, 0) is 14.3 Å². The molecule has 2 rings (SSSR count). The molecule has 0 saturated heterocycles. The summed E-state index contributed by atoms with van der Waals surface area (Å²) in [4.78, 5) is 23.6. The molecule has 1 aromatic heterocycles. The van der Waals surface area contributed by atoms with Gasteiger partial charge in [-0.05, 0) is 43.7 Å². The standard InChI is InChI=1S/C17H20N2O4/c1-12-4-6-14(7-5-12)19-16(20)11-23-17(21)13(10-18)9-15-3-2-8-22-15/h2-3,8-9,12,14H,4-7,11H2,1H3,(H,19,20)/b13-9+. The minimum atomic E-state index is -0.837. The third kappa shape index (κ3) is 5.29. The van der Waals surface area contributed by atoms with E-state index < -0.39 is 5.97 Å². The maximum absolute atomic E-state index is 11.8. The fraction of sp³-hybridized carbons (Fsp3) is 0.471. The molecule has 1 N–H and O–H groups in total. The number of rotatable bonds is 5. The molecule has 122 valence electrons. The van der Waals surface area contributed by atoms with Gasteiger partial charge in [0.05, 0.1) is 6.26 Å². The lowest BCUT2D eigenvalue weighted by Crippen LogP contribution is -2.39. The second kappa shape index (κ2) is 8.18. The Kier molecular flexibility index (Phi) is 5.98. The number of nitrogens with zero attached hydrogens (tertiary/aromatic N) is 1. The van der Waals surface area contributed by atoms with Gasteiger partial charge in [0.15, 0.2) is 6.61 Å². The van der Waals surface area contributed by atoms with E-state index in [1.54, 1.807) is 18.2 Å². The summed E-state index contributed by atoms with van der Waals surface area (Å²) in [6.07, 6.45) is 6.79. The fourth-order valence-electron chi connectivity index (χ4n) is 2.54. The first kappa shape index (κ1) is 16.8. The van der Waals surface area contributed by atoms with E-state index in [2.05, 4.69) is 12.2 Å². The van der Waals surface area contributed by atoms with Crippen molar-refractivity contribution in [2.75, 3.05) is 6.61 Å². The highest BCUT2D eigenvalue weighted by atomic mass is 16.5. The quantitative estimate of drug-likeness (QED) is 0.511. The third-order valence-electron chi connectivity index (χ3n) is 3.89. The Bertz CT molecular complexity index is 605. The molecule has 1 fully saturated rings. The molecule has 0 unspecified atom stereocenters. The molecule has 1 amide bonds. The summed E-state index contributed by atoms with van der Waals surface area (Å²) in [5, 5.41) is 11.8. The SMILES string of the molecule is CC1CCC(NC(=O)COC(=O)/C(C#N)=C/c2ccco2)CC1. The zero-order chi connectivity index (χ0) is 16.7. The van der Waals surface area contributed by atoms with E-state index >= 15 is 0 Å². The number of nitriles is 1. The van der Waals surface area contributed by atoms with E-state index in [0.29, 0.717) is 11.7 Å². The second-order valence-corrected chi connectivity index (χ2v) is 5.79. The number of ether oxygens (including phenoxy) is 1. The summed E-state index contributed by atoms with van der Waals surface area (Å²) in [7, 11) is 0. The summed E-state index contributed by atoms with van der Waals surface area (Å²) in [5.41, 5.74) is -0.209. The molecule has 1 heterocycles. The summed E-state index contributed by atoms with van der Waals surface area (Å²) in [5.74, 6) is -0.102. The van der Waals surface area contributed by atoms with Crippen LogP contribution in [0.2, 0.25) is 0 Å². The van der Waals surface area contributed by atoms with Gasteiger partial charge in [-0.15, -0.1) is 0 Å². The molecule has 0 bridgehead atoms. The Morgan fingerprint density at radius 2 is 2.17 bits per heavy atom. The van der Waals surface area contributed by atoms with Crippen LogP contribution in [0.4, 0.5) is 0 Å². The number of nitrogens with one attached hydrogen (secondary N) is 1. The summed E-state index contributed by atoms with van der Waals surface area (Å²) >= 11 is 0. The Morgan fingerprint density at radius 3 is 2.78 bits per heavy atom. The topological polar surface area (TPSA) is 92.3 Å². The van der Waals surface area contributed by atoms with Crippen LogP contribution in [0.25, 0.3) is 6.08 Å². The van der Waals surface area contributed by atoms with Crippen molar-refractivity contribution < 1.29 is 18.7 Å². The number of carbonyl (C=O) groups excluding carboxylic acids is 2. The minimum absolute atomic E-state index is 0.145. The van der Waals surface area contributed by atoms with E-state index in [1.165, 1.54) is 12.3 Å². The first-order valence-electron chi connectivity index (χ1n) is 7.70. The number of esters is 1. The number of carbonyl (C=O) groups is 2. The van der Waals surface area contributed by atoms with E-state index in [4.69, 9.17) is 14.4 Å². The third-order valence-corrected chi connectivity index (χ3v) is 3.89. The first-order chi connectivity index (χ1) is 11.1. The average Bonchev–Trinajstić information content (AvgIpc) is 3.05. The van der Waals surface area contributed by atoms with Crippen molar-refractivity contribution in [1.82, 2.24) is 5.32 Å². The minimum Gasteiger partial charge on any atom is -0.465 e. The molecule has 0 aromatic carbocycles. The Morgan fingerprint density at radius 1 is 1.43 bits per heavy atom. The molecule has 23 heavy (non-hydrogen) atoms. The van der Waals surface area contributed by atoms with E-state index in [9.17, 15) is 9.59 Å². The second-order valence-electron chi connectivity index (χ2n) is 5.79. The first-order valence-corrected chi connectivity index (χ1v) is 7.70. The highest BCUT2D eigenvalue weighted by molar-refractivity contribution is 5.98. The number of hydrogen-bond donors (Lipinski definition) is 1. The highest BCUT2D eigenvalue weighted by Crippen LogP contribution is 2.23. The predicted molar refractivity (Wildman–Crippen MR) is 82.8 cm³/mol. The van der Waals surface area contributed by atoms with Crippen LogP contribution in [0, 0.1) is 17.2 Å². The van der Waals surface area contributed by atoms with Gasteiger partial charge in [-0.1, -0.05) is 6.92 Å². The van der Waals surface area contributed by atoms with Crippen molar-refractivity contribution in [2.45, 2.75) is 38.6 Å². The smallest absolute Gasteiger partial charge is 0.349 e. The van der Waals surface area contributed by atoms with E-state index in [-0.39, 0.29) is 24.1 Å². The van der Waals surface area contributed by atoms with Gasteiger partial charge in [-0.2, -0.15) is 5.26 Å². The van der Waals surface area contributed by atoms with Crippen molar-refractivity contribution in [3.63, 3.8) is 0 Å². The van der Waals surface area contributed by atoms with Gasteiger partial charge >= 0.3 is 5.97 Å². The molecule has 1 aliphatic carbocycles. The molecule has 1 aliphatic rings. The molecule has 0 atom stereocenters. The zero-order valence-corrected chi connectivity index (χ0v) is 13.1. The van der Waals surface area contributed by atoms with Gasteiger partial charge in [0.25, 0.3) is 5.91 Å². The van der Waals surface area contributed by atoms with Crippen LogP contribution in [-0.4, -0.2) is 24.5 Å². The lowest BCUT2D eigenvalue weighted by molar-refractivity contribution is -0.144. The zero-order valence-electron chi connectivity index (χ0n) is 13.1. The van der Waals surface area contributed by atoms with Crippen LogP contribution in [0.3, 0.4) is 0 Å². The Balaban J connectivity index is 1.79. The summed E-state index contributed by atoms with van der Waals surface area (Å²) < 4.78 is 9.92. The van der Waals surface area contributed by atoms with E-state index in [1.807, 2.05) is 0 Å².